The lowest BCUT2D eigenvalue weighted by Crippen LogP contribution is -2.14. The van der Waals surface area contributed by atoms with Crippen LogP contribution in [0.15, 0.2) is 0 Å². The average molecular weight is 211 g/mol. The lowest BCUT2D eigenvalue weighted by atomic mass is 10.4. The van der Waals surface area contributed by atoms with E-state index in [0.717, 1.165) is 0 Å². The lowest BCUT2D eigenvalue weighted by Gasteiger charge is -2.00. The average Bonchev–Trinajstić information content (AvgIpc) is 2.02. The molecule has 13 heavy (non-hydrogen) atoms. The van der Waals surface area contributed by atoms with E-state index in [1.54, 1.807) is 13.8 Å². The first-order chi connectivity index (χ1) is 5.75. The van der Waals surface area contributed by atoms with Gasteiger partial charge in [-0.3, -0.25) is 9.35 Å². The highest BCUT2D eigenvalue weighted by atomic mass is 32.2. The summed E-state index contributed by atoms with van der Waals surface area (Å²) in [4.78, 5) is 9.59. The third kappa shape index (κ3) is 11.4. The van der Waals surface area contributed by atoms with E-state index >= 15 is 0 Å². The molecule has 1 unspecified atom stereocenters. The van der Waals surface area contributed by atoms with E-state index in [-0.39, 0.29) is 5.91 Å². The van der Waals surface area contributed by atoms with Gasteiger partial charge in [-0.05, 0) is 13.3 Å². The highest BCUT2D eigenvalue weighted by Crippen LogP contribution is 1.99. The summed E-state index contributed by atoms with van der Waals surface area (Å²) in [7, 11) is -3.75. The van der Waals surface area contributed by atoms with Gasteiger partial charge in [0, 0.05) is 6.42 Å². The molecule has 6 heteroatoms. The van der Waals surface area contributed by atoms with Crippen LogP contribution in [-0.4, -0.2) is 24.1 Å². The van der Waals surface area contributed by atoms with Crippen molar-refractivity contribution in [3.8, 4) is 0 Å². The summed E-state index contributed by atoms with van der Waals surface area (Å²) < 4.78 is 28.5. The molecule has 80 valence electrons. The summed E-state index contributed by atoms with van der Waals surface area (Å²) in [5.41, 5.74) is 4.65. The fourth-order valence-electron chi connectivity index (χ4n) is 0.211. The van der Waals surface area contributed by atoms with Gasteiger partial charge in [0.05, 0.1) is 5.25 Å². The molecule has 0 aromatic heterocycles. The van der Waals surface area contributed by atoms with Crippen LogP contribution < -0.4 is 5.73 Å². The molecular weight excluding hydrogens is 194 g/mol. The molecule has 0 fully saturated rings. The predicted molar refractivity (Wildman–Crippen MR) is 50.8 cm³/mol. The van der Waals surface area contributed by atoms with Crippen molar-refractivity contribution >= 4 is 16.0 Å². The minimum absolute atomic E-state index is 0.245. The van der Waals surface area contributed by atoms with Gasteiger partial charge in [-0.15, -0.1) is 0 Å². The van der Waals surface area contributed by atoms with E-state index in [1.807, 2.05) is 0 Å². The van der Waals surface area contributed by atoms with Crippen molar-refractivity contribution in [3.05, 3.63) is 0 Å². The van der Waals surface area contributed by atoms with Crippen molar-refractivity contribution in [1.82, 2.24) is 0 Å². The SMILES string of the molecule is CCC(C)S(=O)(=O)O.CCC(N)=O. The van der Waals surface area contributed by atoms with Gasteiger partial charge in [-0.25, -0.2) is 0 Å². The molecule has 0 bridgehead atoms. The van der Waals surface area contributed by atoms with Crippen molar-refractivity contribution in [2.24, 2.45) is 5.73 Å². The largest absolute Gasteiger partial charge is 0.370 e. The molecule has 0 rings (SSSR count). The zero-order valence-electron chi connectivity index (χ0n) is 8.15. The maximum absolute atomic E-state index is 10.1. The number of carbonyl (C=O) groups is 1. The summed E-state index contributed by atoms with van der Waals surface area (Å²) >= 11 is 0. The third-order valence-electron chi connectivity index (χ3n) is 1.43. The van der Waals surface area contributed by atoms with Crippen LogP contribution in [-0.2, 0) is 14.9 Å². The summed E-state index contributed by atoms with van der Waals surface area (Å²) in [5.74, 6) is -0.245. The Morgan fingerprint density at radius 1 is 1.46 bits per heavy atom. The Morgan fingerprint density at radius 3 is 1.77 bits per heavy atom. The minimum atomic E-state index is -3.75. The topological polar surface area (TPSA) is 97.5 Å². The van der Waals surface area contributed by atoms with Gasteiger partial charge in [-0.2, -0.15) is 8.42 Å². The molecule has 0 aromatic carbocycles. The van der Waals surface area contributed by atoms with Crippen LogP contribution in [0.3, 0.4) is 0 Å². The quantitative estimate of drug-likeness (QED) is 0.666. The van der Waals surface area contributed by atoms with Gasteiger partial charge in [0.15, 0.2) is 0 Å². The van der Waals surface area contributed by atoms with Crippen LogP contribution in [0.1, 0.15) is 33.6 Å². The molecule has 0 aliphatic heterocycles. The Kier molecular flexibility index (Phi) is 7.84. The van der Waals surface area contributed by atoms with Crippen LogP contribution in [0.5, 0.6) is 0 Å². The summed E-state index contributed by atoms with van der Waals surface area (Å²) in [6.45, 7) is 4.90. The predicted octanol–water partition coefficient (Wildman–Crippen LogP) is 0.554. The van der Waals surface area contributed by atoms with E-state index < -0.39 is 15.4 Å². The van der Waals surface area contributed by atoms with E-state index in [1.165, 1.54) is 6.92 Å². The normalized spacial score (nSPS) is 12.6. The third-order valence-corrected chi connectivity index (χ3v) is 2.78. The first kappa shape index (κ1) is 14.9. The second kappa shape index (κ2) is 6.85. The number of nitrogens with two attached hydrogens (primary N) is 1. The molecule has 0 radical (unpaired) electrons. The second-order valence-corrected chi connectivity index (χ2v) is 4.39. The fraction of sp³-hybridized carbons (Fsp3) is 0.857. The minimum Gasteiger partial charge on any atom is -0.370 e. The van der Waals surface area contributed by atoms with Crippen LogP contribution in [0, 0.1) is 0 Å². The van der Waals surface area contributed by atoms with Crippen molar-refractivity contribution in [2.75, 3.05) is 0 Å². The zero-order valence-corrected chi connectivity index (χ0v) is 8.97. The van der Waals surface area contributed by atoms with E-state index in [0.29, 0.717) is 12.8 Å². The van der Waals surface area contributed by atoms with E-state index in [9.17, 15) is 13.2 Å². The molecule has 0 aliphatic rings. The van der Waals surface area contributed by atoms with Crippen LogP contribution in [0.25, 0.3) is 0 Å². The number of hydrogen-bond acceptors (Lipinski definition) is 3. The molecule has 0 saturated carbocycles. The summed E-state index contributed by atoms with van der Waals surface area (Å²) in [6.07, 6.45) is 0.902. The fourth-order valence-corrected chi connectivity index (χ4v) is 0.632. The Balaban J connectivity index is 0. The first-order valence-corrected chi connectivity index (χ1v) is 5.50. The second-order valence-electron chi connectivity index (χ2n) is 2.55. The molecular formula is C7H17NO4S. The van der Waals surface area contributed by atoms with Gasteiger partial charge in [0.2, 0.25) is 5.91 Å². The van der Waals surface area contributed by atoms with Gasteiger partial charge in [0.1, 0.15) is 0 Å². The maximum Gasteiger partial charge on any atom is 0.267 e. The zero-order chi connectivity index (χ0) is 11.1. The molecule has 0 aromatic rings. The molecule has 0 saturated heterocycles. The number of carbonyl (C=O) groups excluding carboxylic acids is 1. The molecule has 1 amide bonds. The molecule has 3 N–H and O–H groups in total. The van der Waals surface area contributed by atoms with Gasteiger partial charge in [0.25, 0.3) is 10.1 Å². The van der Waals surface area contributed by atoms with Gasteiger partial charge < -0.3 is 5.73 Å². The van der Waals surface area contributed by atoms with Crippen LogP contribution in [0.2, 0.25) is 0 Å². The molecule has 0 aliphatic carbocycles. The number of hydrogen-bond donors (Lipinski definition) is 2. The number of rotatable bonds is 3. The Morgan fingerprint density at radius 2 is 1.77 bits per heavy atom. The smallest absolute Gasteiger partial charge is 0.267 e. The molecule has 1 atom stereocenters. The van der Waals surface area contributed by atoms with Crippen LogP contribution >= 0.6 is 0 Å². The standard InChI is InChI=1S/C4H10O3S.C3H7NO/c1-3-4(2)8(5,6)7;1-2-3(4)5/h4H,3H2,1-2H3,(H,5,6,7);2H2,1H3,(H2,4,5). The van der Waals surface area contributed by atoms with E-state index in [4.69, 9.17) is 4.55 Å². The van der Waals surface area contributed by atoms with Gasteiger partial charge in [-0.1, -0.05) is 13.8 Å². The van der Waals surface area contributed by atoms with Crippen molar-refractivity contribution in [2.45, 2.75) is 38.9 Å². The Hall–Kier alpha value is -0.620. The molecule has 0 spiro atoms. The maximum atomic E-state index is 10.1. The van der Waals surface area contributed by atoms with Crippen molar-refractivity contribution in [3.63, 3.8) is 0 Å². The Bertz CT molecular complexity index is 235. The lowest BCUT2D eigenvalue weighted by molar-refractivity contribution is -0.117. The van der Waals surface area contributed by atoms with Crippen molar-refractivity contribution in [1.29, 1.82) is 0 Å². The van der Waals surface area contributed by atoms with E-state index in [2.05, 4.69) is 5.73 Å². The molecule has 0 heterocycles. The van der Waals surface area contributed by atoms with Crippen LogP contribution in [0.4, 0.5) is 0 Å². The first-order valence-electron chi connectivity index (χ1n) is 4.00. The highest BCUT2D eigenvalue weighted by molar-refractivity contribution is 7.86. The highest BCUT2D eigenvalue weighted by Gasteiger charge is 2.13. The van der Waals surface area contributed by atoms with Crippen molar-refractivity contribution < 1.29 is 17.8 Å². The Labute approximate surface area is 79.1 Å². The number of amides is 1. The molecule has 5 nitrogen and oxygen atoms in total. The summed E-state index contributed by atoms with van der Waals surface area (Å²) in [6, 6.07) is 0. The monoisotopic (exact) mass is 211 g/mol. The van der Waals surface area contributed by atoms with Gasteiger partial charge >= 0.3 is 0 Å². The summed E-state index contributed by atoms with van der Waals surface area (Å²) in [5, 5.41) is -0.623. The number of primary amides is 1.